The molecule has 2 fully saturated rings. The molecule has 0 aromatic carbocycles. The molecule has 0 aliphatic carbocycles. The molecule has 2 aliphatic heterocycles. The Bertz CT molecular complexity index is 346. The van der Waals surface area contributed by atoms with Gasteiger partial charge in [0.25, 0.3) is 0 Å². The Kier molecular flexibility index (Phi) is 4.59. The highest BCUT2D eigenvalue weighted by molar-refractivity contribution is 5.84. The fourth-order valence-electron chi connectivity index (χ4n) is 3.00. The van der Waals surface area contributed by atoms with Gasteiger partial charge >= 0.3 is 6.18 Å². The van der Waals surface area contributed by atoms with E-state index >= 15 is 0 Å². The van der Waals surface area contributed by atoms with Gasteiger partial charge in [-0.3, -0.25) is 4.79 Å². The van der Waals surface area contributed by atoms with Gasteiger partial charge in [0.1, 0.15) is 0 Å². The topological polar surface area (TPSA) is 41.6 Å². The van der Waals surface area contributed by atoms with Crippen LogP contribution in [-0.4, -0.2) is 55.9 Å². The van der Waals surface area contributed by atoms with E-state index in [1.54, 1.807) is 0 Å². The van der Waals surface area contributed by atoms with Gasteiger partial charge in [-0.05, 0) is 32.7 Å². The third-order valence-electron chi connectivity index (χ3n) is 4.24. The molecule has 4 nitrogen and oxygen atoms in total. The molecule has 1 unspecified atom stereocenters. The van der Waals surface area contributed by atoms with Gasteiger partial charge in [-0.15, -0.1) is 0 Å². The van der Waals surface area contributed by atoms with Gasteiger partial charge in [0, 0.05) is 26.2 Å². The number of carbonyl (C=O) groups excluding carboxylic acids is 1. The van der Waals surface area contributed by atoms with Gasteiger partial charge in [-0.1, -0.05) is 0 Å². The molecular weight excluding hydrogens is 273 g/mol. The molecule has 1 atom stereocenters. The van der Waals surface area contributed by atoms with E-state index in [0.717, 1.165) is 0 Å². The van der Waals surface area contributed by atoms with Crippen molar-refractivity contribution < 1.29 is 22.7 Å². The number of amides is 1. The first-order chi connectivity index (χ1) is 9.40. The quantitative estimate of drug-likeness (QED) is 0.859. The minimum atomic E-state index is -4.50. The number of rotatable bonds is 3. The van der Waals surface area contributed by atoms with Crippen LogP contribution < -0.4 is 5.32 Å². The number of likely N-dealkylation sites (tertiary alicyclic amines) is 1. The molecule has 0 aromatic heterocycles. The first kappa shape index (κ1) is 15.6. The summed E-state index contributed by atoms with van der Waals surface area (Å²) in [6, 6.07) is 0. The lowest BCUT2D eigenvalue weighted by atomic mass is 9.84. The molecule has 2 aliphatic rings. The average molecular weight is 294 g/mol. The van der Waals surface area contributed by atoms with Crippen LogP contribution in [0.2, 0.25) is 0 Å². The molecule has 20 heavy (non-hydrogen) atoms. The predicted octanol–water partition coefficient (Wildman–Crippen LogP) is 1.56. The minimum absolute atomic E-state index is 0.0626. The minimum Gasteiger partial charge on any atom is -0.378 e. The molecule has 7 heteroatoms. The van der Waals surface area contributed by atoms with Crippen LogP contribution in [0.25, 0.3) is 0 Å². The molecule has 116 valence electrons. The average Bonchev–Trinajstić information content (AvgIpc) is 2.89. The fourth-order valence-corrected chi connectivity index (χ4v) is 3.00. The largest absolute Gasteiger partial charge is 0.404 e. The summed E-state index contributed by atoms with van der Waals surface area (Å²) in [7, 11) is 0. The van der Waals surface area contributed by atoms with Gasteiger partial charge in [0.2, 0.25) is 5.91 Å². The molecule has 2 saturated heterocycles. The lowest BCUT2D eigenvalue weighted by Crippen LogP contribution is -2.55. The van der Waals surface area contributed by atoms with Gasteiger partial charge < -0.3 is 15.0 Å². The van der Waals surface area contributed by atoms with Crippen molar-refractivity contribution in [2.75, 3.05) is 32.8 Å². The number of nitrogens with zero attached hydrogens (tertiary/aromatic N) is 1. The van der Waals surface area contributed by atoms with Crippen molar-refractivity contribution in [3.05, 3.63) is 0 Å². The first-order valence-electron chi connectivity index (χ1n) is 7.09. The first-order valence-corrected chi connectivity index (χ1v) is 7.09. The Labute approximate surface area is 116 Å². The molecule has 2 rings (SSSR count). The highest BCUT2D eigenvalue weighted by Gasteiger charge is 2.62. The summed E-state index contributed by atoms with van der Waals surface area (Å²) in [6.45, 7) is 3.11. The zero-order chi connectivity index (χ0) is 14.8. The van der Waals surface area contributed by atoms with Crippen LogP contribution in [0.3, 0.4) is 0 Å². The van der Waals surface area contributed by atoms with E-state index in [4.69, 9.17) is 4.74 Å². The Morgan fingerprint density at radius 3 is 2.50 bits per heavy atom. The summed E-state index contributed by atoms with van der Waals surface area (Å²) in [5.74, 6) is -0.773. The smallest absolute Gasteiger partial charge is 0.378 e. The number of halogens is 3. The summed E-state index contributed by atoms with van der Waals surface area (Å²) in [5.41, 5.74) is -2.23. The van der Waals surface area contributed by atoms with E-state index in [2.05, 4.69) is 5.32 Å². The maximum absolute atomic E-state index is 13.3. The van der Waals surface area contributed by atoms with E-state index < -0.39 is 17.5 Å². The van der Waals surface area contributed by atoms with E-state index in [0.29, 0.717) is 32.5 Å². The normalized spacial score (nSPS) is 28.9. The summed E-state index contributed by atoms with van der Waals surface area (Å²) >= 11 is 0. The lowest BCUT2D eigenvalue weighted by molar-refractivity contribution is -0.222. The second-order valence-electron chi connectivity index (χ2n) is 5.45. The maximum atomic E-state index is 13.3. The highest BCUT2D eigenvalue weighted by Crippen LogP contribution is 2.44. The van der Waals surface area contributed by atoms with Crippen LogP contribution >= 0.6 is 0 Å². The van der Waals surface area contributed by atoms with Crippen molar-refractivity contribution >= 4 is 5.91 Å². The Morgan fingerprint density at radius 2 is 2.05 bits per heavy atom. The van der Waals surface area contributed by atoms with Gasteiger partial charge in [0.05, 0.1) is 6.10 Å². The third-order valence-corrected chi connectivity index (χ3v) is 4.24. The van der Waals surface area contributed by atoms with E-state index in [9.17, 15) is 18.0 Å². The molecule has 1 amide bonds. The lowest BCUT2D eigenvalue weighted by Gasteiger charge is -2.38. The third kappa shape index (κ3) is 2.79. The molecule has 0 aromatic rings. The maximum Gasteiger partial charge on any atom is 0.404 e. The number of ether oxygens (including phenoxy) is 1. The zero-order valence-corrected chi connectivity index (χ0v) is 11.6. The van der Waals surface area contributed by atoms with Gasteiger partial charge in [-0.2, -0.15) is 13.2 Å². The molecular formula is C13H21F3N2O2. The van der Waals surface area contributed by atoms with Crippen molar-refractivity contribution in [3.8, 4) is 0 Å². The molecule has 0 radical (unpaired) electrons. The molecule has 0 bridgehead atoms. The number of piperidine rings is 1. The predicted molar refractivity (Wildman–Crippen MR) is 67.2 cm³/mol. The van der Waals surface area contributed by atoms with Crippen LogP contribution in [0, 0.1) is 5.41 Å². The number of nitrogens with one attached hydrogen (secondary N) is 1. The SMILES string of the molecule is CCOC1CCN(C(=O)C2(C(F)(F)F)CCNC2)CC1. The second kappa shape index (κ2) is 5.89. The second-order valence-corrected chi connectivity index (χ2v) is 5.45. The summed E-state index contributed by atoms with van der Waals surface area (Å²) in [4.78, 5) is 13.7. The summed E-state index contributed by atoms with van der Waals surface area (Å²) in [5, 5.41) is 2.68. The molecule has 1 N–H and O–H groups in total. The monoisotopic (exact) mass is 294 g/mol. The molecule has 0 spiro atoms. The number of alkyl halides is 3. The van der Waals surface area contributed by atoms with Crippen molar-refractivity contribution in [1.82, 2.24) is 10.2 Å². The van der Waals surface area contributed by atoms with Gasteiger partial charge in [-0.25, -0.2) is 0 Å². The summed E-state index contributed by atoms with van der Waals surface area (Å²) in [6.07, 6.45) is -3.37. The zero-order valence-electron chi connectivity index (χ0n) is 11.6. The Morgan fingerprint density at radius 1 is 1.40 bits per heavy atom. The fraction of sp³-hybridized carbons (Fsp3) is 0.923. The van der Waals surface area contributed by atoms with Crippen LogP contribution in [0.4, 0.5) is 13.2 Å². The van der Waals surface area contributed by atoms with E-state index in [1.807, 2.05) is 6.92 Å². The van der Waals surface area contributed by atoms with Crippen LogP contribution in [0.5, 0.6) is 0 Å². The Balaban J connectivity index is 2.03. The van der Waals surface area contributed by atoms with Crippen LogP contribution in [0.1, 0.15) is 26.2 Å². The van der Waals surface area contributed by atoms with Crippen molar-refractivity contribution in [2.45, 2.75) is 38.5 Å². The van der Waals surface area contributed by atoms with E-state index in [1.165, 1.54) is 4.90 Å². The van der Waals surface area contributed by atoms with Crippen LogP contribution in [0.15, 0.2) is 0 Å². The number of hydrogen-bond acceptors (Lipinski definition) is 3. The van der Waals surface area contributed by atoms with Crippen LogP contribution in [-0.2, 0) is 9.53 Å². The Hall–Kier alpha value is -0.820. The van der Waals surface area contributed by atoms with Crippen molar-refractivity contribution in [1.29, 1.82) is 0 Å². The highest BCUT2D eigenvalue weighted by atomic mass is 19.4. The standard InChI is InChI=1S/C13H21F3N2O2/c1-2-20-10-3-7-18(8-4-10)11(19)12(13(14,15)16)5-6-17-9-12/h10,17H,2-9H2,1H3. The van der Waals surface area contributed by atoms with Crippen molar-refractivity contribution in [3.63, 3.8) is 0 Å². The van der Waals surface area contributed by atoms with Crippen molar-refractivity contribution in [2.24, 2.45) is 5.41 Å². The number of carbonyl (C=O) groups is 1. The molecule has 0 saturated carbocycles. The number of hydrogen-bond donors (Lipinski definition) is 1. The summed E-state index contributed by atoms with van der Waals surface area (Å²) < 4.78 is 45.4. The molecule has 2 heterocycles. The van der Waals surface area contributed by atoms with E-state index in [-0.39, 0.29) is 25.6 Å². The van der Waals surface area contributed by atoms with Gasteiger partial charge in [0.15, 0.2) is 5.41 Å².